The summed E-state index contributed by atoms with van der Waals surface area (Å²) in [4.78, 5) is 6.73. The lowest BCUT2D eigenvalue weighted by Gasteiger charge is -2.32. The summed E-state index contributed by atoms with van der Waals surface area (Å²) >= 11 is 0. The minimum atomic E-state index is 0.535. The molecule has 1 fully saturated rings. The van der Waals surface area contributed by atoms with E-state index in [1.807, 2.05) is 18.5 Å². The molecule has 1 saturated heterocycles. The summed E-state index contributed by atoms with van der Waals surface area (Å²) < 4.78 is 2.13. The number of nitrogens with one attached hydrogen (secondary N) is 1. The van der Waals surface area contributed by atoms with Crippen LogP contribution >= 0.6 is 0 Å². The predicted molar refractivity (Wildman–Crippen MR) is 62.1 cm³/mol. The van der Waals surface area contributed by atoms with Crippen LogP contribution in [0.3, 0.4) is 0 Å². The van der Waals surface area contributed by atoms with Crippen molar-refractivity contribution in [2.45, 2.75) is 19.5 Å². The zero-order chi connectivity index (χ0) is 10.7. The zero-order valence-corrected chi connectivity index (χ0v) is 9.19. The SMILES string of the molecule is C=CCn1ccnc1N1CCN[C@@H](C)C1. The second kappa shape index (κ2) is 4.49. The number of hydrogen-bond donors (Lipinski definition) is 1. The summed E-state index contributed by atoms with van der Waals surface area (Å²) in [6, 6.07) is 0.535. The van der Waals surface area contributed by atoms with Gasteiger partial charge in [-0.15, -0.1) is 6.58 Å². The quantitative estimate of drug-likeness (QED) is 0.745. The van der Waals surface area contributed by atoms with Gasteiger partial charge in [0.05, 0.1) is 0 Å². The smallest absolute Gasteiger partial charge is 0.205 e. The van der Waals surface area contributed by atoms with Gasteiger partial charge < -0.3 is 14.8 Å². The number of allylic oxidation sites excluding steroid dienone is 1. The van der Waals surface area contributed by atoms with Crippen molar-refractivity contribution in [3.63, 3.8) is 0 Å². The number of imidazole rings is 1. The number of hydrogen-bond acceptors (Lipinski definition) is 3. The molecular weight excluding hydrogens is 188 g/mol. The van der Waals surface area contributed by atoms with Gasteiger partial charge >= 0.3 is 0 Å². The topological polar surface area (TPSA) is 33.1 Å². The normalized spacial score (nSPS) is 21.7. The van der Waals surface area contributed by atoms with Gasteiger partial charge in [-0.2, -0.15) is 0 Å². The van der Waals surface area contributed by atoms with Crippen LogP contribution in [0.25, 0.3) is 0 Å². The molecule has 0 saturated carbocycles. The number of aromatic nitrogens is 2. The van der Waals surface area contributed by atoms with E-state index in [4.69, 9.17) is 0 Å². The molecule has 1 atom stereocenters. The van der Waals surface area contributed by atoms with Crippen molar-refractivity contribution < 1.29 is 0 Å². The van der Waals surface area contributed by atoms with Gasteiger partial charge in [-0.1, -0.05) is 6.08 Å². The monoisotopic (exact) mass is 206 g/mol. The Labute approximate surface area is 90.6 Å². The van der Waals surface area contributed by atoms with Crippen molar-refractivity contribution in [1.82, 2.24) is 14.9 Å². The summed E-state index contributed by atoms with van der Waals surface area (Å²) in [6.45, 7) is 9.86. The summed E-state index contributed by atoms with van der Waals surface area (Å²) in [5, 5.41) is 3.43. The molecule has 0 aliphatic carbocycles. The molecule has 2 heterocycles. The fourth-order valence-corrected chi connectivity index (χ4v) is 1.98. The van der Waals surface area contributed by atoms with Crippen LogP contribution in [0.1, 0.15) is 6.92 Å². The van der Waals surface area contributed by atoms with Gasteiger partial charge in [0.2, 0.25) is 5.95 Å². The highest BCUT2D eigenvalue weighted by Crippen LogP contribution is 2.13. The minimum absolute atomic E-state index is 0.535. The van der Waals surface area contributed by atoms with Crippen LogP contribution in [-0.4, -0.2) is 35.2 Å². The van der Waals surface area contributed by atoms with Gasteiger partial charge in [0.25, 0.3) is 0 Å². The third kappa shape index (κ3) is 2.21. The Kier molecular flexibility index (Phi) is 3.06. The highest BCUT2D eigenvalue weighted by Gasteiger charge is 2.18. The number of rotatable bonds is 3. The Morgan fingerprint density at radius 3 is 3.33 bits per heavy atom. The molecule has 0 spiro atoms. The Morgan fingerprint density at radius 2 is 2.60 bits per heavy atom. The van der Waals surface area contributed by atoms with Gasteiger partial charge in [-0.3, -0.25) is 0 Å². The van der Waals surface area contributed by atoms with E-state index in [9.17, 15) is 0 Å². The van der Waals surface area contributed by atoms with E-state index in [0.29, 0.717) is 6.04 Å². The first-order valence-electron chi connectivity index (χ1n) is 5.41. The van der Waals surface area contributed by atoms with Crippen LogP contribution in [-0.2, 0) is 6.54 Å². The molecule has 1 N–H and O–H groups in total. The van der Waals surface area contributed by atoms with E-state index < -0.39 is 0 Å². The summed E-state index contributed by atoms with van der Waals surface area (Å²) in [7, 11) is 0. The van der Waals surface area contributed by atoms with Crippen LogP contribution in [0.4, 0.5) is 5.95 Å². The van der Waals surface area contributed by atoms with Crippen molar-refractivity contribution in [3.05, 3.63) is 25.0 Å². The van der Waals surface area contributed by atoms with Crippen LogP contribution in [0.15, 0.2) is 25.0 Å². The van der Waals surface area contributed by atoms with E-state index in [1.54, 1.807) is 0 Å². The van der Waals surface area contributed by atoms with E-state index in [-0.39, 0.29) is 0 Å². The maximum absolute atomic E-state index is 4.41. The first-order chi connectivity index (χ1) is 7.31. The van der Waals surface area contributed by atoms with Crippen LogP contribution in [0.5, 0.6) is 0 Å². The van der Waals surface area contributed by atoms with Gasteiger partial charge in [0.1, 0.15) is 0 Å². The first kappa shape index (κ1) is 10.2. The molecule has 82 valence electrons. The number of piperazine rings is 1. The summed E-state index contributed by atoms with van der Waals surface area (Å²) in [6.07, 6.45) is 5.76. The third-order valence-corrected chi connectivity index (χ3v) is 2.67. The number of nitrogens with zero attached hydrogens (tertiary/aromatic N) is 3. The van der Waals surface area contributed by atoms with Gasteiger partial charge in [-0.25, -0.2) is 4.98 Å². The molecule has 0 aromatic carbocycles. The fraction of sp³-hybridized carbons (Fsp3) is 0.545. The van der Waals surface area contributed by atoms with E-state index >= 15 is 0 Å². The minimum Gasteiger partial charge on any atom is -0.339 e. The van der Waals surface area contributed by atoms with Gasteiger partial charge in [0.15, 0.2) is 0 Å². The molecule has 4 heteroatoms. The molecule has 15 heavy (non-hydrogen) atoms. The fourth-order valence-electron chi connectivity index (χ4n) is 1.98. The standard InChI is InChI=1S/C11H18N4/c1-3-6-14-7-5-13-11(14)15-8-4-12-10(2)9-15/h3,5,7,10,12H,1,4,6,8-9H2,2H3/t10-/m0/s1. The zero-order valence-electron chi connectivity index (χ0n) is 9.19. The van der Waals surface area contributed by atoms with Crippen molar-refractivity contribution in [2.24, 2.45) is 0 Å². The lowest BCUT2D eigenvalue weighted by Crippen LogP contribution is -2.50. The van der Waals surface area contributed by atoms with Crippen molar-refractivity contribution in [2.75, 3.05) is 24.5 Å². The van der Waals surface area contributed by atoms with Crippen LogP contribution < -0.4 is 10.2 Å². The molecule has 1 aliphatic rings. The molecule has 0 radical (unpaired) electrons. The van der Waals surface area contributed by atoms with E-state index in [0.717, 1.165) is 32.1 Å². The molecule has 0 unspecified atom stereocenters. The first-order valence-corrected chi connectivity index (χ1v) is 5.41. The number of anilines is 1. The lowest BCUT2D eigenvalue weighted by atomic mass is 10.2. The molecule has 0 bridgehead atoms. The highest BCUT2D eigenvalue weighted by atomic mass is 15.3. The highest BCUT2D eigenvalue weighted by molar-refractivity contribution is 5.32. The summed E-state index contributed by atoms with van der Waals surface area (Å²) in [5.74, 6) is 1.06. The Hall–Kier alpha value is -1.29. The molecule has 4 nitrogen and oxygen atoms in total. The molecule has 1 aliphatic heterocycles. The Balaban J connectivity index is 2.13. The summed E-state index contributed by atoms with van der Waals surface area (Å²) in [5.41, 5.74) is 0. The van der Waals surface area contributed by atoms with Gasteiger partial charge in [-0.05, 0) is 6.92 Å². The lowest BCUT2D eigenvalue weighted by molar-refractivity contribution is 0.475. The maximum atomic E-state index is 4.41. The van der Waals surface area contributed by atoms with Crippen LogP contribution in [0, 0.1) is 0 Å². The average Bonchev–Trinajstić information content (AvgIpc) is 2.66. The predicted octanol–water partition coefficient (Wildman–Crippen LogP) is 0.867. The van der Waals surface area contributed by atoms with E-state index in [2.05, 4.69) is 33.3 Å². The molecule has 1 aromatic rings. The third-order valence-electron chi connectivity index (χ3n) is 2.67. The molecule has 2 rings (SSSR count). The van der Waals surface area contributed by atoms with Gasteiger partial charge in [0, 0.05) is 44.6 Å². The van der Waals surface area contributed by atoms with Crippen molar-refractivity contribution >= 4 is 5.95 Å². The Bertz CT molecular complexity index is 331. The van der Waals surface area contributed by atoms with Crippen molar-refractivity contribution in [3.8, 4) is 0 Å². The molecule has 0 amide bonds. The largest absolute Gasteiger partial charge is 0.339 e. The van der Waals surface area contributed by atoms with E-state index in [1.165, 1.54) is 0 Å². The molecular formula is C11H18N4. The molecule has 1 aromatic heterocycles. The Morgan fingerprint density at radius 1 is 1.73 bits per heavy atom. The van der Waals surface area contributed by atoms with Crippen LogP contribution in [0.2, 0.25) is 0 Å². The second-order valence-electron chi connectivity index (χ2n) is 3.97. The average molecular weight is 206 g/mol. The second-order valence-corrected chi connectivity index (χ2v) is 3.97. The maximum Gasteiger partial charge on any atom is 0.205 e. The van der Waals surface area contributed by atoms with Crippen molar-refractivity contribution in [1.29, 1.82) is 0 Å².